The van der Waals surface area contributed by atoms with Crippen molar-refractivity contribution in [1.29, 1.82) is 0 Å². The molecule has 0 aliphatic heterocycles. The minimum atomic E-state index is 0.145. The maximum atomic E-state index is 11.3. The molecule has 1 aliphatic carbocycles. The van der Waals surface area contributed by atoms with Crippen molar-refractivity contribution >= 4 is 16.8 Å². The molecule has 64 valence electrons. The van der Waals surface area contributed by atoms with Crippen molar-refractivity contribution in [1.82, 2.24) is 0 Å². The number of benzene rings is 1. The molecule has 0 unspecified atom stereocenters. The van der Waals surface area contributed by atoms with Crippen molar-refractivity contribution < 1.29 is 9.21 Å². The molecule has 1 aromatic heterocycles. The van der Waals surface area contributed by atoms with E-state index in [1.165, 1.54) is 0 Å². The molecule has 0 amide bonds. The van der Waals surface area contributed by atoms with Gasteiger partial charge in [-0.3, -0.25) is 4.79 Å². The Morgan fingerprint density at radius 2 is 2.00 bits per heavy atom. The maximum Gasteiger partial charge on any atom is 0.198 e. The Morgan fingerprint density at radius 3 is 2.92 bits per heavy atom. The smallest absolute Gasteiger partial charge is 0.198 e. The highest BCUT2D eigenvalue weighted by Gasteiger charge is 2.26. The predicted octanol–water partition coefficient (Wildman–Crippen LogP) is 2.56. The zero-order valence-corrected chi connectivity index (χ0v) is 7.04. The van der Waals surface area contributed by atoms with E-state index in [1.54, 1.807) is 0 Å². The maximum absolute atomic E-state index is 11.3. The summed E-state index contributed by atoms with van der Waals surface area (Å²) in [6.07, 6.45) is 1.45. The van der Waals surface area contributed by atoms with Gasteiger partial charge in [0.25, 0.3) is 0 Å². The molecule has 2 heteroatoms. The second-order valence-electron chi connectivity index (χ2n) is 3.33. The van der Waals surface area contributed by atoms with Gasteiger partial charge in [-0.2, -0.15) is 0 Å². The Bertz CT molecular complexity index is 494. The fourth-order valence-corrected chi connectivity index (χ4v) is 1.92. The lowest BCUT2D eigenvalue weighted by Crippen LogP contribution is -1.86. The number of fused-ring (bicyclic) bond motifs is 3. The van der Waals surface area contributed by atoms with E-state index in [4.69, 9.17) is 4.42 Å². The Kier molecular flexibility index (Phi) is 1.18. The first-order valence-electron chi connectivity index (χ1n) is 4.40. The number of para-hydroxylation sites is 1. The predicted molar refractivity (Wildman–Crippen MR) is 48.9 cm³/mol. The molecule has 2 nitrogen and oxygen atoms in total. The highest BCUT2D eigenvalue weighted by Crippen LogP contribution is 2.32. The number of carbonyl (C=O) groups is 1. The number of Topliss-reactive ketones (excluding diaryl/α,β-unsaturated/α-hetero) is 1. The van der Waals surface area contributed by atoms with E-state index < -0.39 is 0 Å². The van der Waals surface area contributed by atoms with Crippen LogP contribution in [0.1, 0.15) is 22.5 Å². The Balaban J connectivity index is 2.44. The summed E-state index contributed by atoms with van der Waals surface area (Å²) in [6.45, 7) is 0. The average molecular weight is 172 g/mol. The molecular formula is C11H8O2. The van der Waals surface area contributed by atoms with E-state index in [2.05, 4.69) is 0 Å². The van der Waals surface area contributed by atoms with Gasteiger partial charge in [-0.25, -0.2) is 0 Å². The summed E-state index contributed by atoms with van der Waals surface area (Å²) < 4.78 is 5.47. The van der Waals surface area contributed by atoms with Crippen molar-refractivity contribution in [3.63, 3.8) is 0 Å². The van der Waals surface area contributed by atoms with Crippen molar-refractivity contribution in [2.24, 2.45) is 0 Å². The summed E-state index contributed by atoms with van der Waals surface area (Å²) in [5, 5.41) is 1.10. The first kappa shape index (κ1) is 6.89. The van der Waals surface area contributed by atoms with Gasteiger partial charge in [-0.15, -0.1) is 0 Å². The molecule has 1 heterocycles. The largest absolute Gasteiger partial charge is 0.453 e. The molecule has 0 fully saturated rings. The van der Waals surface area contributed by atoms with Gasteiger partial charge in [0.2, 0.25) is 0 Å². The van der Waals surface area contributed by atoms with E-state index in [1.807, 2.05) is 24.3 Å². The quantitative estimate of drug-likeness (QED) is 0.611. The molecule has 0 atom stereocenters. The monoisotopic (exact) mass is 172 g/mol. The molecule has 3 rings (SSSR count). The highest BCUT2D eigenvalue weighted by molar-refractivity contribution is 6.03. The minimum absolute atomic E-state index is 0.145. The van der Waals surface area contributed by atoms with Crippen LogP contribution in [0.4, 0.5) is 0 Å². The second-order valence-corrected chi connectivity index (χ2v) is 3.33. The van der Waals surface area contributed by atoms with E-state index >= 15 is 0 Å². The van der Waals surface area contributed by atoms with Crippen LogP contribution >= 0.6 is 0 Å². The van der Waals surface area contributed by atoms with E-state index in [-0.39, 0.29) is 5.78 Å². The normalized spacial score (nSPS) is 15.2. The van der Waals surface area contributed by atoms with Gasteiger partial charge < -0.3 is 4.42 Å². The molecule has 1 aliphatic rings. The molecule has 13 heavy (non-hydrogen) atoms. The zero-order valence-electron chi connectivity index (χ0n) is 7.04. The van der Waals surface area contributed by atoms with Crippen molar-refractivity contribution in [3.05, 3.63) is 35.6 Å². The number of ketones is 1. The number of aryl methyl sites for hydroxylation is 1. The van der Waals surface area contributed by atoms with Crippen LogP contribution in [-0.2, 0) is 6.42 Å². The third-order valence-corrected chi connectivity index (χ3v) is 2.55. The summed E-state index contributed by atoms with van der Waals surface area (Å²) in [5.74, 6) is 0.729. The molecular weight excluding hydrogens is 164 g/mol. The summed E-state index contributed by atoms with van der Waals surface area (Å²) in [4.78, 5) is 11.3. The Hall–Kier alpha value is -1.57. The van der Waals surface area contributed by atoms with Gasteiger partial charge in [0.05, 0.1) is 0 Å². The Labute approximate surface area is 75.2 Å². The van der Waals surface area contributed by atoms with Crippen molar-refractivity contribution in [2.45, 2.75) is 12.8 Å². The van der Waals surface area contributed by atoms with Gasteiger partial charge in [-0.1, -0.05) is 18.2 Å². The van der Waals surface area contributed by atoms with Crippen molar-refractivity contribution in [3.8, 4) is 0 Å². The number of hydrogen-bond acceptors (Lipinski definition) is 2. The average Bonchev–Trinajstić information content (AvgIpc) is 2.67. The second kappa shape index (κ2) is 2.22. The van der Waals surface area contributed by atoms with Crippen LogP contribution in [-0.4, -0.2) is 5.78 Å². The molecule has 0 bridgehead atoms. The van der Waals surface area contributed by atoms with Crippen LogP contribution in [0.15, 0.2) is 28.7 Å². The molecule has 0 saturated carbocycles. The van der Waals surface area contributed by atoms with Crippen LogP contribution in [0, 0.1) is 0 Å². The molecule has 0 N–H and O–H groups in total. The molecule has 0 spiro atoms. The summed E-state index contributed by atoms with van der Waals surface area (Å²) in [5.41, 5.74) is 1.93. The van der Waals surface area contributed by atoms with Crippen LogP contribution in [0.25, 0.3) is 11.0 Å². The van der Waals surface area contributed by atoms with Crippen LogP contribution in [0.5, 0.6) is 0 Å². The lowest BCUT2D eigenvalue weighted by Gasteiger charge is -1.88. The lowest BCUT2D eigenvalue weighted by atomic mass is 10.1. The number of hydrogen-bond donors (Lipinski definition) is 0. The fraction of sp³-hybridized carbons (Fsp3) is 0.182. The highest BCUT2D eigenvalue weighted by atomic mass is 16.3. The summed E-state index contributed by atoms with van der Waals surface area (Å²) in [7, 11) is 0. The number of carbonyl (C=O) groups excluding carboxylic acids is 1. The Morgan fingerprint density at radius 1 is 1.15 bits per heavy atom. The number of rotatable bonds is 0. The summed E-state index contributed by atoms with van der Waals surface area (Å²) in [6, 6.07) is 7.81. The first-order chi connectivity index (χ1) is 6.36. The van der Waals surface area contributed by atoms with Crippen molar-refractivity contribution in [2.75, 3.05) is 0 Å². The first-order valence-corrected chi connectivity index (χ1v) is 4.40. The molecule has 0 saturated heterocycles. The van der Waals surface area contributed by atoms with E-state index in [9.17, 15) is 4.79 Å². The standard InChI is InChI=1S/C11H8O2/c12-9-6-5-8-7-3-1-2-4-10(7)13-11(8)9/h1-4H,5-6H2. The van der Waals surface area contributed by atoms with E-state index in [0.29, 0.717) is 12.2 Å². The molecule has 0 radical (unpaired) electrons. The van der Waals surface area contributed by atoms with Crippen LogP contribution in [0.3, 0.4) is 0 Å². The van der Waals surface area contributed by atoms with Crippen LogP contribution in [0.2, 0.25) is 0 Å². The summed E-state index contributed by atoms with van der Waals surface area (Å²) >= 11 is 0. The zero-order chi connectivity index (χ0) is 8.84. The van der Waals surface area contributed by atoms with Gasteiger partial charge in [-0.05, 0) is 12.5 Å². The molecule has 2 aromatic rings. The fourth-order valence-electron chi connectivity index (χ4n) is 1.92. The van der Waals surface area contributed by atoms with E-state index in [0.717, 1.165) is 23.0 Å². The van der Waals surface area contributed by atoms with Gasteiger partial charge in [0, 0.05) is 17.4 Å². The number of furan rings is 1. The SMILES string of the molecule is O=C1CCc2c1oc1ccccc21. The molecule has 1 aromatic carbocycles. The minimum Gasteiger partial charge on any atom is -0.453 e. The topological polar surface area (TPSA) is 30.2 Å². The van der Waals surface area contributed by atoms with Gasteiger partial charge in [0.15, 0.2) is 11.5 Å². The van der Waals surface area contributed by atoms with Gasteiger partial charge >= 0.3 is 0 Å². The third-order valence-electron chi connectivity index (χ3n) is 2.55. The van der Waals surface area contributed by atoms with Gasteiger partial charge in [0.1, 0.15) is 5.58 Å². The lowest BCUT2D eigenvalue weighted by molar-refractivity contribution is 0.0972. The third kappa shape index (κ3) is 0.800. The van der Waals surface area contributed by atoms with Crippen LogP contribution < -0.4 is 0 Å².